The molecule has 0 bridgehead atoms. The molecule has 0 radical (unpaired) electrons. The number of nitrogens with one attached hydrogen (secondary N) is 2. The van der Waals surface area contributed by atoms with Gasteiger partial charge in [0.25, 0.3) is 0 Å². The smallest absolute Gasteiger partial charge is 0.0347 e. The van der Waals surface area contributed by atoms with Gasteiger partial charge < -0.3 is 16.4 Å². The van der Waals surface area contributed by atoms with Crippen molar-refractivity contribution in [2.45, 2.75) is 99.2 Å². The van der Waals surface area contributed by atoms with Crippen LogP contribution in [0.25, 0.3) is 5.70 Å². The SMILES string of the molecule is C=C(NC(C)(C)C)c1ccccc1CC(C)CC.Cc1ccc(N)cc1C(C)NC(C)(C)C. The maximum absolute atomic E-state index is 5.80. The van der Waals surface area contributed by atoms with Crippen LogP contribution in [0.4, 0.5) is 5.69 Å². The number of hydrogen-bond donors (Lipinski definition) is 3. The maximum atomic E-state index is 5.80. The largest absolute Gasteiger partial charge is 0.399 e. The third-order valence-electron chi connectivity index (χ3n) is 5.55. The minimum Gasteiger partial charge on any atom is -0.399 e. The van der Waals surface area contributed by atoms with Gasteiger partial charge in [-0.15, -0.1) is 0 Å². The summed E-state index contributed by atoms with van der Waals surface area (Å²) in [6, 6.07) is 15.0. The Morgan fingerprint density at radius 3 is 2.12 bits per heavy atom. The Balaban J connectivity index is 0.000000335. The number of aryl methyl sites for hydroxylation is 1. The van der Waals surface area contributed by atoms with Gasteiger partial charge in [0, 0.05) is 34.1 Å². The standard InChI is InChI=1S/C17H27N.C13H22N2/c1-7-13(2)12-15-10-8-9-11-16(15)14(3)18-17(4,5)6;1-9-6-7-11(14)8-12(9)10(2)15-13(3,4)5/h8-11,13,18H,3,7,12H2,1-2,4-6H3;6-8,10,15H,14H2,1-5H3. The van der Waals surface area contributed by atoms with Crippen molar-refractivity contribution in [2.75, 3.05) is 5.73 Å². The van der Waals surface area contributed by atoms with Gasteiger partial charge in [-0.25, -0.2) is 0 Å². The highest BCUT2D eigenvalue weighted by Crippen LogP contribution is 2.23. The van der Waals surface area contributed by atoms with E-state index < -0.39 is 0 Å². The third-order valence-corrected chi connectivity index (χ3v) is 5.55. The zero-order chi connectivity index (χ0) is 25.4. The molecule has 0 aliphatic carbocycles. The first-order valence-corrected chi connectivity index (χ1v) is 12.3. The number of hydrogen-bond acceptors (Lipinski definition) is 3. The topological polar surface area (TPSA) is 50.1 Å². The molecule has 2 atom stereocenters. The van der Waals surface area contributed by atoms with E-state index in [2.05, 4.69) is 123 Å². The van der Waals surface area contributed by atoms with Crippen molar-refractivity contribution in [1.82, 2.24) is 10.6 Å². The quantitative estimate of drug-likeness (QED) is 0.379. The van der Waals surface area contributed by atoms with Gasteiger partial charge in [-0.2, -0.15) is 0 Å². The lowest BCUT2D eigenvalue weighted by Crippen LogP contribution is -2.37. The predicted octanol–water partition coefficient (Wildman–Crippen LogP) is 7.66. The molecule has 33 heavy (non-hydrogen) atoms. The zero-order valence-corrected chi connectivity index (χ0v) is 22.9. The Bertz CT molecular complexity index is 884. The normalized spacial score (nSPS) is 13.5. The Morgan fingerprint density at radius 1 is 0.970 bits per heavy atom. The predicted molar refractivity (Wildman–Crippen MR) is 148 cm³/mol. The highest BCUT2D eigenvalue weighted by Gasteiger charge is 2.16. The van der Waals surface area contributed by atoms with Gasteiger partial charge in [0.05, 0.1) is 0 Å². The molecule has 2 aromatic carbocycles. The van der Waals surface area contributed by atoms with Gasteiger partial charge >= 0.3 is 0 Å². The Kier molecular flexibility index (Phi) is 10.7. The maximum Gasteiger partial charge on any atom is 0.0347 e. The van der Waals surface area contributed by atoms with Crippen LogP contribution < -0.4 is 16.4 Å². The molecular weight excluding hydrogens is 402 g/mol. The van der Waals surface area contributed by atoms with Crippen molar-refractivity contribution in [3.8, 4) is 0 Å². The molecule has 4 N–H and O–H groups in total. The van der Waals surface area contributed by atoms with E-state index in [0.29, 0.717) is 12.0 Å². The monoisotopic (exact) mass is 451 g/mol. The van der Waals surface area contributed by atoms with Gasteiger partial charge in [-0.05, 0) is 96.6 Å². The summed E-state index contributed by atoms with van der Waals surface area (Å²) in [6.07, 6.45) is 2.34. The molecule has 0 aliphatic heterocycles. The summed E-state index contributed by atoms with van der Waals surface area (Å²) in [5.41, 5.74) is 13.1. The molecule has 0 amide bonds. The first-order chi connectivity index (χ1) is 15.1. The van der Waals surface area contributed by atoms with E-state index >= 15 is 0 Å². The zero-order valence-electron chi connectivity index (χ0n) is 22.9. The summed E-state index contributed by atoms with van der Waals surface area (Å²) < 4.78 is 0. The fourth-order valence-electron chi connectivity index (χ4n) is 3.89. The average Bonchev–Trinajstić information content (AvgIpc) is 2.68. The molecule has 2 rings (SSSR count). The van der Waals surface area contributed by atoms with Crippen LogP contribution in [0, 0.1) is 12.8 Å². The second-order valence-corrected chi connectivity index (χ2v) is 11.5. The van der Waals surface area contributed by atoms with Gasteiger partial charge in [0.1, 0.15) is 0 Å². The van der Waals surface area contributed by atoms with Crippen molar-refractivity contribution in [1.29, 1.82) is 0 Å². The van der Waals surface area contributed by atoms with Crippen molar-refractivity contribution >= 4 is 11.4 Å². The molecule has 0 aliphatic rings. The van der Waals surface area contributed by atoms with Crippen LogP contribution in [0.3, 0.4) is 0 Å². The molecule has 184 valence electrons. The molecule has 3 nitrogen and oxygen atoms in total. The van der Waals surface area contributed by atoms with Crippen LogP contribution >= 0.6 is 0 Å². The Morgan fingerprint density at radius 2 is 1.58 bits per heavy atom. The van der Waals surface area contributed by atoms with Gasteiger partial charge in [-0.1, -0.05) is 57.2 Å². The molecular formula is C30H49N3. The highest BCUT2D eigenvalue weighted by atomic mass is 15.0. The number of anilines is 1. The summed E-state index contributed by atoms with van der Waals surface area (Å²) in [4.78, 5) is 0. The lowest BCUT2D eigenvalue weighted by molar-refractivity contribution is 0.377. The second-order valence-electron chi connectivity index (χ2n) is 11.5. The summed E-state index contributed by atoms with van der Waals surface area (Å²) >= 11 is 0. The van der Waals surface area contributed by atoms with Crippen molar-refractivity contribution in [3.05, 3.63) is 71.3 Å². The molecule has 0 saturated heterocycles. The van der Waals surface area contributed by atoms with Crippen LogP contribution in [0.2, 0.25) is 0 Å². The van der Waals surface area contributed by atoms with Crippen LogP contribution in [0.1, 0.15) is 97.0 Å². The second kappa shape index (κ2) is 12.3. The first kappa shape index (κ1) is 28.8. The summed E-state index contributed by atoms with van der Waals surface area (Å²) in [5, 5.41) is 7.02. The first-order valence-electron chi connectivity index (χ1n) is 12.3. The number of benzene rings is 2. The summed E-state index contributed by atoms with van der Waals surface area (Å²) in [6.45, 7) is 26.0. The molecule has 0 saturated carbocycles. The Hall–Kier alpha value is -2.26. The highest BCUT2D eigenvalue weighted by molar-refractivity contribution is 5.65. The van der Waals surface area contributed by atoms with E-state index in [-0.39, 0.29) is 11.1 Å². The lowest BCUT2D eigenvalue weighted by Gasteiger charge is -2.27. The van der Waals surface area contributed by atoms with E-state index in [0.717, 1.165) is 17.8 Å². The lowest BCUT2D eigenvalue weighted by atomic mass is 9.93. The summed E-state index contributed by atoms with van der Waals surface area (Å²) in [5.74, 6) is 0.716. The molecule has 3 heteroatoms. The fourth-order valence-corrected chi connectivity index (χ4v) is 3.89. The minimum absolute atomic E-state index is 0.0561. The van der Waals surface area contributed by atoms with Crippen molar-refractivity contribution in [3.63, 3.8) is 0 Å². The molecule has 0 aromatic heterocycles. The van der Waals surface area contributed by atoms with E-state index in [9.17, 15) is 0 Å². The van der Waals surface area contributed by atoms with Crippen LogP contribution in [-0.2, 0) is 6.42 Å². The van der Waals surface area contributed by atoms with Crippen molar-refractivity contribution in [2.24, 2.45) is 5.92 Å². The third kappa shape index (κ3) is 10.9. The van der Waals surface area contributed by atoms with Gasteiger partial charge in [0.15, 0.2) is 0 Å². The average molecular weight is 452 g/mol. The molecule has 0 fully saturated rings. The van der Waals surface area contributed by atoms with Gasteiger partial charge in [-0.3, -0.25) is 0 Å². The fraction of sp³-hybridized carbons (Fsp3) is 0.533. The number of rotatable bonds is 7. The van der Waals surface area contributed by atoms with E-state index in [1.807, 2.05) is 6.07 Å². The molecule has 2 unspecified atom stereocenters. The number of nitrogens with two attached hydrogens (primary N) is 1. The molecule has 0 heterocycles. The summed E-state index contributed by atoms with van der Waals surface area (Å²) in [7, 11) is 0. The van der Waals surface area contributed by atoms with Crippen LogP contribution in [-0.4, -0.2) is 11.1 Å². The molecule has 2 aromatic rings. The Labute approximate surface area is 204 Å². The van der Waals surface area contributed by atoms with E-state index in [1.54, 1.807) is 0 Å². The number of nitrogen functional groups attached to an aromatic ring is 1. The van der Waals surface area contributed by atoms with Crippen LogP contribution in [0.15, 0.2) is 49.0 Å². The van der Waals surface area contributed by atoms with Crippen LogP contribution in [0.5, 0.6) is 0 Å². The van der Waals surface area contributed by atoms with Crippen molar-refractivity contribution < 1.29 is 0 Å². The van der Waals surface area contributed by atoms with E-state index in [1.165, 1.54) is 28.7 Å². The van der Waals surface area contributed by atoms with Gasteiger partial charge in [0.2, 0.25) is 0 Å². The minimum atomic E-state index is 0.0561. The van der Waals surface area contributed by atoms with E-state index in [4.69, 9.17) is 5.73 Å². The molecule has 0 spiro atoms.